The fourth-order valence-corrected chi connectivity index (χ4v) is 2.78. The lowest BCUT2D eigenvalue weighted by Crippen LogP contribution is -2.60. The quantitative estimate of drug-likeness (QED) is 0.789. The molecule has 1 saturated heterocycles. The average Bonchev–Trinajstić information content (AvgIpc) is 3.24. The molecule has 0 bridgehead atoms. The number of urea groups is 1. The van der Waals surface area contributed by atoms with E-state index in [2.05, 4.69) is 17.1 Å². The van der Waals surface area contributed by atoms with E-state index in [9.17, 15) is 14.7 Å². The maximum absolute atomic E-state index is 12.2. The van der Waals surface area contributed by atoms with Gasteiger partial charge in [0.2, 0.25) is 0 Å². The number of nitrogens with zero attached hydrogens (tertiary/aromatic N) is 2. The maximum atomic E-state index is 12.2. The van der Waals surface area contributed by atoms with Crippen LogP contribution in [0.5, 0.6) is 0 Å². The third kappa shape index (κ3) is 3.23. The van der Waals surface area contributed by atoms with Gasteiger partial charge in [0, 0.05) is 26.2 Å². The first-order valence-corrected chi connectivity index (χ1v) is 7.50. The highest BCUT2D eigenvalue weighted by atomic mass is 16.4. The van der Waals surface area contributed by atoms with E-state index in [-0.39, 0.29) is 11.9 Å². The highest BCUT2D eigenvalue weighted by molar-refractivity contribution is 5.86. The maximum Gasteiger partial charge on any atom is 0.329 e. The van der Waals surface area contributed by atoms with Crippen molar-refractivity contribution < 1.29 is 14.7 Å². The van der Waals surface area contributed by atoms with Crippen molar-refractivity contribution in [3.05, 3.63) is 0 Å². The van der Waals surface area contributed by atoms with E-state index in [4.69, 9.17) is 0 Å². The number of nitrogens with one attached hydrogen (secondary N) is 1. The molecule has 1 aliphatic carbocycles. The Bertz CT molecular complexity index is 376. The van der Waals surface area contributed by atoms with Crippen LogP contribution < -0.4 is 5.32 Å². The van der Waals surface area contributed by atoms with E-state index in [0.29, 0.717) is 13.1 Å². The van der Waals surface area contributed by atoms with Gasteiger partial charge in [0.15, 0.2) is 0 Å². The summed E-state index contributed by atoms with van der Waals surface area (Å²) in [6.45, 7) is 7.91. The first kappa shape index (κ1) is 15.1. The van der Waals surface area contributed by atoms with Crippen LogP contribution in [0.2, 0.25) is 0 Å². The number of hydrogen-bond acceptors (Lipinski definition) is 3. The summed E-state index contributed by atoms with van der Waals surface area (Å²) in [4.78, 5) is 27.7. The topological polar surface area (TPSA) is 72.9 Å². The van der Waals surface area contributed by atoms with Crippen LogP contribution in [0.1, 0.15) is 33.1 Å². The Labute approximate surface area is 120 Å². The minimum Gasteiger partial charge on any atom is -0.480 e. The molecule has 2 rings (SSSR count). The van der Waals surface area contributed by atoms with Gasteiger partial charge in [-0.3, -0.25) is 4.90 Å². The van der Waals surface area contributed by atoms with Crippen molar-refractivity contribution >= 4 is 12.0 Å². The molecule has 20 heavy (non-hydrogen) atoms. The van der Waals surface area contributed by atoms with Crippen LogP contribution in [0.3, 0.4) is 0 Å². The van der Waals surface area contributed by atoms with Gasteiger partial charge in [0.1, 0.15) is 5.54 Å². The second kappa shape index (κ2) is 5.99. The van der Waals surface area contributed by atoms with Crippen LogP contribution in [0, 0.1) is 5.92 Å². The minimum atomic E-state index is -1.11. The number of aliphatic carboxylic acids is 1. The van der Waals surface area contributed by atoms with E-state index in [1.54, 1.807) is 11.8 Å². The molecule has 0 spiro atoms. The number of carboxylic acid groups (broad SMARTS) is 1. The molecule has 0 aromatic heterocycles. The minimum absolute atomic E-state index is 0.0744. The molecule has 1 saturated carbocycles. The molecule has 0 aromatic carbocycles. The van der Waals surface area contributed by atoms with Crippen molar-refractivity contribution in [3.8, 4) is 0 Å². The Kier molecular flexibility index (Phi) is 4.52. The highest BCUT2D eigenvalue weighted by Crippen LogP contribution is 2.39. The van der Waals surface area contributed by atoms with Gasteiger partial charge >= 0.3 is 12.0 Å². The summed E-state index contributed by atoms with van der Waals surface area (Å²) in [7, 11) is 0. The molecule has 1 aliphatic heterocycles. The molecule has 2 fully saturated rings. The first-order chi connectivity index (χ1) is 9.47. The van der Waals surface area contributed by atoms with Gasteiger partial charge in [0.25, 0.3) is 0 Å². The van der Waals surface area contributed by atoms with Gasteiger partial charge in [-0.15, -0.1) is 0 Å². The summed E-state index contributed by atoms with van der Waals surface area (Å²) in [5.41, 5.74) is -1.11. The summed E-state index contributed by atoms with van der Waals surface area (Å²) in [6.07, 6.45) is 2.88. The Hall–Kier alpha value is -1.30. The molecule has 2 N–H and O–H groups in total. The summed E-state index contributed by atoms with van der Waals surface area (Å²) in [6, 6.07) is -0.238. The zero-order chi connectivity index (χ0) is 14.8. The molecule has 1 unspecified atom stereocenters. The van der Waals surface area contributed by atoms with E-state index < -0.39 is 11.5 Å². The lowest BCUT2D eigenvalue weighted by atomic mass is 9.96. The normalized spacial score (nSPS) is 23.2. The lowest BCUT2D eigenvalue weighted by Gasteiger charge is -2.36. The molecule has 1 heterocycles. The van der Waals surface area contributed by atoms with Crippen molar-refractivity contribution in [2.24, 2.45) is 5.92 Å². The highest BCUT2D eigenvalue weighted by Gasteiger charge is 2.49. The molecule has 0 radical (unpaired) electrons. The summed E-state index contributed by atoms with van der Waals surface area (Å²) in [5.74, 6) is -0.858. The van der Waals surface area contributed by atoms with Gasteiger partial charge in [0.05, 0.1) is 0 Å². The average molecular weight is 283 g/mol. The summed E-state index contributed by atoms with van der Waals surface area (Å²) in [5, 5.41) is 12.1. The number of carbonyl (C=O) groups is 2. The van der Waals surface area contributed by atoms with E-state index in [1.807, 2.05) is 0 Å². The van der Waals surface area contributed by atoms with Crippen molar-refractivity contribution in [3.63, 3.8) is 0 Å². The van der Waals surface area contributed by atoms with Crippen molar-refractivity contribution in [1.82, 2.24) is 15.1 Å². The summed E-state index contributed by atoms with van der Waals surface area (Å²) >= 11 is 0. The predicted octanol–water partition coefficient (Wildman–Crippen LogP) is 0.977. The van der Waals surface area contributed by atoms with Gasteiger partial charge in [-0.25, -0.2) is 9.59 Å². The Balaban J connectivity index is 1.87. The van der Waals surface area contributed by atoms with Gasteiger partial charge < -0.3 is 15.3 Å². The van der Waals surface area contributed by atoms with Crippen LogP contribution in [-0.2, 0) is 4.79 Å². The van der Waals surface area contributed by atoms with Crippen LogP contribution in [0.15, 0.2) is 0 Å². The van der Waals surface area contributed by atoms with Crippen molar-refractivity contribution in [2.45, 2.75) is 38.6 Å². The standard InChI is InChI=1S/C14H25N3O3/c1-3-6-16-7-9-17(10-8-16)13(20)15-14(2,12(18)19)11-4-5-11/h11H,3-10H2,1-2H3,(H,15,20)(H,18,19). The molecule has 114 valence electrons. The molecule has 0 aromatic rings. The third-order valence-corrected chi connectivity index (χ3v) is 4.40. The van der Waals surface area contributed by atoms with Crippen LogP contribution in [-0.4, -0.2) is 65.2 Å². The Morgan fingerprint density at radius 1 is 1.25 bits per heavy atom. The second-order valence-electron chi connectivity index (χ2n) is 6.04. The van der Waals surface area contributed by atoms with E-state index in [1.165, 1.54) is 0 Å². The van der Waals surface area contributed by atoms with Crippen LogP contribution in [0.4, 0.5) is 4.79 Å². The second-order valence-corrected chi connectivity index (χ2v) is 6.04. The summed E-state index contributed by atoms with van der Waals surface area (Å²) < 4.78 is 0. The van der Waals surface area contributed by atoms with E-state index >= 15 is 0 Å². The zero-order valence-corrected chi connectivity index (χ0v) is 12.4. The predicted molar refractivity (Wildman–Crippen MR) is 75.6 cm³/mol. The number of piperazine rings is 1. The molecule has 2 aliphatic rings. The molecular weight excluding hydrogens is 258 g/mol. The van der Waals surface area contributed by atoms with Crippen molar-refractivity contribution in [1.29, 1.82) is 0 Å². The largest absolute Gasteiger partial charge is 0.480 e. The van der Waals surface area contributed by atoms with Gasteiger partial charge in [-0.2, -0.15) is 0 Å². The third-order valence-electron chi connectivity index (χ3n) is 4.40. The fourth-order valence-electron chi connectivity index (χ4n) is 2.78. The van der Waals surface area contributed by atoms with E-state index in [0.717, 1.165) is 38.9 Å². The van der Waals surface area contributed by atoms with Crippen molar-refractivity contribution in [2.75, 3.05) is 32.7 Å². The number of hydrogen-bond donors (Lipinski definition) is 2. The molecular formula is C14H25N3O3. The number of amides is 2. The number of carboxylic acids is 1. The zero-order valence-electron chi connectivity index (χ0n) is 12.4. The molecule has 2 amide bonds. The first-order valence-electron chi connectivity index (χ1n) is 7.50. The fraction of sp³-hybridized carbons (Fsp3) is 0.857. The molecule has 6 heteroatoms. The van der Waals surface area contributed by atoms with Gasteiger partial charge in [-0.1, -0.05) is 6.92 Å². The monoisotopic (exact) mass is 283 g/mol. The smallest absolute Gasteiger partial charge is 0.329 e. The van der Waals surface area contributed by atoms with Crippen LogP contribution >= 0.6 is 0 Å². The van der Waals surface area contributed by atoms with Gasteiger partial charge in [-0.05, 0) is 38.6 Å². The number of rotatable bonds is 5. The van der Waals surface area contributed by atoms with Crippen LogP contribution in [0.25, 0.3) is 0 Å². The Morgan fingerprint density at radius 3 is 2.30 bits per heavy atom. The molecule has 1 atom stereocenters. The molecule has 6 nitrogen and oxygen atoms in total. The number of carbonyl (C=O) groups excluding carboxylic acids is 1. The Morgan fingerprint density at radius 2 is 1.85 bits per heavy atom. The lowest BCUT2D eigenvalue weighted by molar-refractivity contribution is -0.144. The SMILES string of the molecule is CCCN1CCN(C(=O)NC(C)(C(=O)O)C2CC2)CC1.